The average Bonchev–Trinajstić information content (AvgIpc) is 2.47. The second-order valence-electron chi connectivity index (χ2n) is 4.33. The van der Waals surface area contributed by atoms with E-state index in [9.17, 15) is 0 Å². The Morgan fingerprint density at radius 3 is 2.30 bits per heavy atom. The van der Waals surface area contributed by atoms with Gasteiger partial charge < -0.3 is 15.2 Å². The Bertz CT molecular complexity index is 555. The van der Waals surface area contributed by atoms with E-state index in [2.05, 4.69) is 15.9 Å². The molecule has 106 valence electrons. The maximum atomic E-state index is 5.83. The van der Waals surface area contributed by atoms with Crippen LogP contribution in [0.15, 0.2) is 46.9 Å². The van der Waals surface area contributed by atoms with Gasteiger partial charge in [-0.25, -0.2) is 0 Å². The van der Waals surface area contributed by atoms with Crippen molar-refractivity contribution in [3.8, 4) is 11.5 Å². The van der Waals surface area contributed by atoms with E-state index in [0.29, 0.717) is 19.8 Å². The van der Waals surface area contributed by atoms with Gasteiger partial charge >= 0.3 is 0 Å². The van der Waals surface area contributed by atoms with E-state index in [1.807, 2.05) is 49.4 Å². The number of nitrogens with two attached hydrogens (primary N) is 1. The van der Waals surface area contributed by atoms with E-state index in [1.54, 1.807) is 0 Å². The fraction of sp³-hybridized carbons (Fsp3) is 0.250. The first-order chi connectivity index (χ1) is 9.72. The van der Waals surface area contributed by atoms with Gasteiger partial charge in [-0.15, -0.1) is 0 Å². The first kappa shape index (κ1) is 14.9. The van der Waals surface area contributed by atoms with Crippen molar-refractivity contribution in [2.24, 2.45) is 5.73 Å². The molecule has 0 atom stereocenters. The molecule has 0 heterocycles. The topological polar surface area (TPSA) is 44.5 Å². The van der Waals surface area contributed by atoms with E-state index < -0.39 is 0 Å². The minimum atomic E-state index is 0.507. The Hall–Kier alpha value is -1.52. The fourth-order valence-electron chi connectivity index (χ4n) is 1.80. The summed E-state index contributed by atoms with van der Waals surface area (Å²) in [6.07, 6.45) is 0. The molecule has 0 fully saturated rings. The third-order valence-corrected chi connectivity index (χ3v) is 3.35. The summed E-state index contributed by atoms with van der Waals surface area (Å²) < 4.78 is 12.4. The number of hydrogen-bond acceptors (Lipinski definition) is 3. The van der Waals surface area contributed by atoms with Crippen molar-refractivity contribution in [2.45, 2.75) is 20.1 Å². The van der Waals surface area contributed by atoms with Gasteiger partial charge in [0.25, 0.3) is 0 Å². The van der Waals surface area contributed by atoms with Crippen LogP contribution in [-0.2, 0) is 13.2 Å². The second kappa shape index (κ2) is 7.31. The van der Waals surface area contributed by atoms with E-state index >= 15 is 0 Å². The van der Waals surface area contributed by atoms with Crippen LogP contribution in [0.1, 0.15) is 18.1 Å². The van der Waals surface area contributed by atoms with Crippen LogP contribution in [0.4, 0.5) is 0 Å². The predicted octanol–water partition coefficient (Wildman–Crippen LogP) is 3.89. The van der Waals surface area contributed by atoms with Crippen LogP contribution < -0.4 is 15.2 Å². The van der Waals surface area contributed by atoms with Crippen LogP contribution in [0.5, 0.6) is 11.5 Å². The summed E-state index contributed by atoms with van der Waals surface area (Å²) >= 11 is 3.43. The molecule has 0 saturated heterocycles. The molecular formula is C16H18BrNO2. The normalized spacial score (nSPS) is 10.3. The van der Waals surface area contributed by atoms with Gasteiger partial charge in [-0.3, -0.25) is 0 Å². The summed E-state index contributed by atoms with van der Waals surface area (Å²) in [7, 11) is 0. The largest absolute Gasteiger partial charge is 0.490 e. The van der Waals surface area contributed by atoms with Gasteiger partial charge in [0.15, 0.2) is 11.5 Å². The van der Waals surface area contributed by atoms with Crippen LogP contribution in [0.2, 0.25) is 0 Å². The first-order valence-electron chi connectivity index (χ1n) is 6.56. The zero-order valence-electron chi connectivity index (χ0n) is 11.4. The molecule has 0 amide bonds. The van der Waals surface area contributed by atoms with Crippen LogP contribution in [-0.4, -0.2) is 6.61 Å². The van der Waals surface area contributed by atoms with Crippen molar-refractivity contribution >= 4 is 15.9 Å². The van der Waals surface area contributed by atoms with Crippen LogP contribution >= 0.6 is 15.9 Å². The van der Waals surface area contributed by atoms with E-state index in [1.165, 1.54) is 0 Å². The monoisotopic (exact) mass is 335 g/mol. The van der Waals surface area contributed by atoms with Gasteiger partial charge in [-0.2, -0.15) is 0 Å². The lowest BCUT2D eigenvalue weighted by atomic mass is 10.1. The number of hydrogen-bond donors (Lipinski definition) is 1. The first-order valence-corrected chi connectivity index (χ1v) is 7.35. The molecule has 0 aliphatic heterocycles. The maximum Gasteiger partial charge on any atom is 0.162 e. The average molecular weight is 336 g/mol. The van der Waals surface area contributed by atoms with Crippen molar-refractivity contribution in [1.82, 2.24) is 0 Å². The Morgan fingerprint density at radius 1 is 0.950 bits per heavy atom. The molecule has 2 N–H and O–H groups in total. The third kappa shape index (κ3) is 3.99. The molecule has 3 nitrogen and oxygen atoms in total. The highest BCUT2D eigenvalue weighted by Crippen LogP contribution is 2.31. The number of rotatable bonds is 6. The van der Waals surface area contributed by atoms with Gasteiger partial charge in [-0.1, -0.05) is 40.2 Å². The lowest BCUT2D eigenvalue weighted by molar-refractivity contribution is 0.269. The molecule has 0 radical (unpaired) electrons. The Labute approximate surface area is 127 Å². The van der Waals surface area contributed by atoms with Crippen LogP contribution in [0.3, 0.4) is 0 Å². The molecule has 0 saturated carbocycles. The molecular weight excluding hydrogens is 318 g/mol. The minimum Gasteiger partial charge on any atom is -0.490 e. The van der Waals surface area contributed by atoms with Crippen LogP contribution in [0.25, 0.3) is 0 Å². The zero-order chi connectivity index (χ0) is 14.4. The highest BCUT2D eigenvalue weighted by Gasteiger charge is 2.06. The van der Waals surface area contributed by atoms with Crippen molar-refractivity contribution in [3.63, 3.8) is 0 Å². The molecule has 2 rings (SSSR count). The number of halogens is 1. The van der Waals surface area contributed by atoms with Gasteiger partial charge in [0, 0.05) is 11.0 Å². The summed E-state index contributed by atoms with van der Waals surface area (Å²) in [6, 6.07) is 13.9. The van der Waals surface area contributed by atoms with E-state index in [4.69, 9.17) is 15.2 Å². The van der Waals surface area contributed by atoms with Crippen molar-refractivity contribution in [3.05, 3.63) is 58.1 Å². The Kier molecular flexibility index (Phi) is 5.44. The fourth-order valence-corrected chi connectivity index (χ4v) is 2.14. The molecule has 2 aromatic rings. The standard InChI is InChI=1S/C16H18BrNO2/c1-2-19-16-9-14(17)7-8-15(16)20-11-13-5-3-12(10-18)4-6-13/h3-9H,2,10-11,18H2,1H3. The molecule has 0 aromatic heterocycles. The van der Waals surface area contributed by atoms with E-state index in [0.717, 1.165) is 27.1 Å². The Balaban J connectivity index is 2.05. The SMILES string of the molecule is CCOc1cc(Br)ccc1OCc1ccc(CN)cc1. The maximum absolute atomic E-state index is 5.83. The second-order valence-corrected chi connectivity index (χ2v) is 5.25. The summed E-state index contributed by atoms with van der Waals surface area (Å²) in [4.78, 5) is 0. The van der Waals surface area contributed by atoms with Crippen molar-refractivity contribution in [2.75, 3.05) is 6.61 Å². The Morgan fingerprint density at radius 2 is 1.65 bits per heavy atom. The predicted molar refractivity (Wildman–Crippen MR) is 84.0 cm³/mol. The summed E-state index contributed by atoms with van der Waals surface area (Å²) in [5.41, 5.74) is 7.80. The minimum absolute atomic E-state index is 0.507. The molecule has 2 aromatic carbocycles. The summed E-state index contributed by atoms with van der Waals surface area (Å²) in [5.74, 6) is 1.50. The van der Waals surface area contributed by atoms with E-state index in [-0.39, 0.29) is 0 Å². The lowest BCUT2D eigenvalue weighted by Crippen LogP contribution is -2.00. The van der Waals surface area contributed by atoms with Gasteiger partial charge in [-0.05, 0) is 36.2 Å². The lowest BCUT2D eigenvalue weighted by Gasteiger charge is -2.12. The highest BCUT2D eigenvalue weighted by atomic mass is 79.9. The highest BCUT2D eigenvalue weighted by molar-refractivity contribution is 9.10. The van der Waals surface area contributed by atoms with Crippen LogP contribution in [0, 0.1) is 0 Å². The summed E-state index contributed by atoms with van der Waals surface area (Å²) in [5, 5.41) is 0. The molecule has 0 unspecified atom stereocenters. The number of benzene rings is 2. The number of ether oxygens (including phenoxy) is 2. The molecule has 0 bridgehead atoms. The van der Waals surface area contributed by atoms with Gasteiger partial charge in [0.05, 0.1) is 6.61 Å². The zero-order valence-corrected chi connectivity index (χ0v) is 13.0. The smallest absolute Gasteiger partial charge is 0.162 e. The molecule has 0 aliphatic carbocycles. The van der Waals surface area contributed by atoms with Crippen molar-refractivity contribution in [1.29, 1.82) is 0 Å². The molecule has 20 heavy (non-hydrogen) atoms. The quantitative estimate of drug-likeness (QED) is 0.870. The van der Waals surface area contributed by atoms with Gasteiger partial charge in [0.1, 0.15) is 6.61 Å². The van der Waals surface area contributed by atoms with Crippen molar-refractivity contribution < 1.29 is 9.47 Å². The molecule has 4 heteroatoms. The van der Waals surface area contributed by atoms with Gasteiger partial charge in [0.2, 0.25) is 0 Å². The molecule has 0 aliphatic rings. The summed E-state index contributed by atoms with van der Waals surface area (Å²) in [6.45, 7) is 3.63. The molecule has 0 spiro atoms. The third-order valence-electron chi connectivity index (χ3n) is 2.86.